The number of halogens is 3. The smallest absolute Gasteiger partial charge is 0.240 e. The molecule has 1 amide bonds. The predicted octanol–water partition coefficient (Wildman–Crippen LogP) is 6.86. The number of aryl methyl sites for hydroxylation is 2. The second-order valence-electron chi connectivity index (χ2n) is 11.5. The molecule has 11 heteroatoms. The summed E-state index contributed by atoms with van der Waals surface area (Å²) in [6.45, 7) is 4.37. The van der Waals surface area contributed by atoms with Crippen LogP contribution in [0.4, 0.5) is 5.82 Å². The maximum Gasteiger partial charge on any atom is 0.240 e. The van der Waals surface area contributed by atoms with E-state index in [1.54, 1.807) is 19.5 Å². The van der Waals surface area contributed by atoms with Crippen LogP contribution < -0.4 is 9.64 Å². The number of amides is 1. The zero-order valence-corrected chi connectivity index (χ0v) is 27.2. The number of benzene rings is 1. The van der Waals surface area contributed by atoms with E-state index in [2.05, 4.69) is 20.9 Å². The summed E-state index contributed by atoms with van der Waals surface area (Å²) in [5.41, 5.74) is 3.56. The molecule has 2 aromatic heterocycles. The van der Waals surface area contributed by atoms with Gasteiger partial charge in [0.05, 0.1) is 27.7 Å². The molecule has 3 heterocycles. The topological polar surface area (TPSA) is 91.6 Å². The monoisotopic (exact) mass is 655 g/mol. The lowest BCUT2D eigenvalue weighted by Gasteiger charge is -2.25. The first-order chi connectivity index (χ1) is 21.2. The third-order valence-electron chi connectivity index (χ3n) is 7.98. The van der Waals surface area contributed by atoms with E-state index >= 15 is 0 Å². The number of pyridine rings is 2. The number of aromatic nitrogens is 2. The van der Waals surface area contributed by atoms with Crippen LogP contribution in [0.2, 0.25) is 15.1 Å². The Labute approximate surface area is 273 Å². The van der Waals surface area contributed by atoms with Crippen molar-refractivity contribution in [2.24, 2.45) is 5.92 Å². The first-order valence-electron chi connectivity index (χ1n) is 14.9. The molecule has 8 nitrogen and oxygen atoms in total. The Kier molecular flexibility index (Phi) is 10.9. The van der Waals surface area contributed by atoms with Gasteiger partial charge >= 0.3 is 0 Å². The molecule has 3 aromatic rings. The summed E-state index contributed by atoms with van der Waals surface area (Å²) in [5.74, 6) is 0.323. The summed E-state index contributed by atoms with van der Waals surface area (Å²) in [6.07, 6.45) is 7.88. The molecular formula is C33H36Cl3N5O3. The summed E-state index contributed by atoms with van der Waals surface area (Å²) in [6, 6.07) is 11.9. The Balaban J connectivity index is 1.20. The Morgan fingerprint density at radius 3 is 2.55 bits per heavy atom. The largest absolute Gasteiger partial charge is 0.485 e. The van der Waals surface area contributed by atoms with Gasteiger partial charge in [0.2, 0.25) is 5.91 Å². The van der Waals surface area contributed by atoms with Crippen LogP contribution in [-0.2, 0) is 28.9 Å². The summed E-state index contributed by atoms with van der Waals surface area (Å²) < 4.78 is 11.3. The first-order valence-corrected chi connectivity index (χ1v) is 16.0. The molecule has 1 aliphatic carbocycles. The second kappa shape index (κ2) is 14.8. The molecule has 2 fully saturated rings. The number of anilines is 1. The average molecular weight is 657 g/mol. The van der Waals surface area contributed by atoms with E-state index in [1.165, 1.54) is 0 Å². The SMILES string of the molecule is COCCCc1cc(CN(C(=O)C(C#N)Cc2ccc(N3CCC(Oc4c(Cl)cc(C)cc4Cl)C3)nc2)C2CC2)c(Cl)cn1. The van der Waals surface area contributed by atoms with E-state index in [4.69, 9.17) is 44.3 Å². The normalized spacial score (nSPS) is 16.9. The van der Waals surface area contributed by atoms with Crippen molar-refractivity contribution in [2.45, 2.75) is 64.1 Å². The minimum absolute atomic E-state index is 0.0708. The number of ether oxygens (including phenoxy) is 2. The summed E-state index contributed by atoms with van der Waals surface area (Å²) in [7, 11) is 1.68. The fraction of sp³-hybridized carbons (Fsp3) is 0.455. The second-order valence-corrected chi connectivity index (χ2v) is 12.7. The lowest BCUT2D eigenvalue weighted by atomic mass is 10.00. The van der Waals surface area contributed by atoms with Gasteiger partial charge in [-0.2, -0.15) is 5.26 Å². The highest BCUT2D eigenvalue weighted by Gasteiger charge is 2.36. The Hall–Kier alpha value is -3.09. The van der Waals surface area contributed by atoms with Gasteiger partial charge in [-0.1, -0.05) is 40.9 Å². The lowest BCUT2D eigenvalue weighted by molar-refractivity contribution is -0.135. The number of rotatable bonds is 13. The highest BCUT2D eigenvalue weighted by atomic mass is 35.5. The molecule has 1 aliphatic heterocycles. The maximum absolute atomic E-state index is 13.7. The highest BCUT2D eigenvalue weighted by molar-refractivity contribution is 6.37. The molecular weight excluding hydrogens is 621 g/mol. The minimum atomic E-state index is -0.821. The molecule has 0 radical (unpaired) electrons. The van der Waals surface area contributed by atoms with Gasteiger partial charge < -0.3 is 19.3 Å². The number of methoxy groups -OCH3 is 1. The standard InChI is InChI=1S/C33H36Cl3N5O3/c1-21-12-28(34)32(29(35)13-21)44-27-9-10-40(20-27)31-8-5-22(17-39-31)14-23(16-37)33(42)41(26-6-7-26)19-24-15-25(4-3-11-43-2)38-18-30(24)36/h5,8,12-13,15,17-18,23,26-27H,3-4,6-7,9-11,14,19-20H2,1-2H3. The predicted molar refractivity (Wildman–Crippen MR) is 173 cm³/mol. The van der Waals surface area contributed by atoms with Crippen molar-refractivity contribution < 1.29 is 14.3 Å². The molecule has 2 aliphatic rings. The molecule has 1 aromatic carbocycles. The van der Waals surface area contributed by atoms with Gasteiger partial charge in [-0.3, -0.25) is 9.78 Å². The quantitative estimate of drug-likeness (QED) is 0.186. The van der Waals surface area contributed by atoms with Crippen molar-refractivity contribution in [1.82, 2.24) is 14.9 Å². The fourth-order valence-electron chi connectivity index (χ4n) is 5.49. The van der Waals surface area contributed by atoms with E-state index in [0.29, 0.717) is 40.5 Å². The van der Waals surface area contributed by atoms with Crippen molar-refractivity contribution in [1.29, 1.82) is 5.26 Å². The molecule has 0 spiro atoms. The van der Waals surface area contributed by atoms with E-state index in [-0.39, 0.29) is 24.5 Å². The van der Waals surface area contributed by atoms with Crippen LogP contribution in [0.15, 0.2) is 42.7 Å². The zero-order valence-electron chi connectivity index (χ0n) is 24.9. The summed E-state index contributed by atoms with van der Waals surface area (Å²) in [5, 5.41) is 11.5. The van der Waals surface area contributed by atoms with Crippen molar-refractivity contribution in [3.63, 3.8) is 0 Å². The minimum Gasteiger partial charge on any atom is -0.485 e. The Morgan fingerprint density at radius 1 is 1.11 bits per heavy atom. The molecule has 0 N–H and O–H groups in total. The average Bonchev–Trinajstić information content (AvgIpc) is 3.74. The first kappa shape index (κ1) is 32.3. The van der Waals surface area contributed by atoms with Crippen LogP contribution in [-0.4, -0.2) is 59.7 Å². The van der Waals surface area contributed by atoms with Gasteiger partial charge in [0.25, 0.3) is 0 Å². The molecule has 1 saturated heterocycles. The van der Waals surface area contributed by atoms with Gasteiger partial charge in [-0.05, 0) is 80.0 Å². The number of hydrogen-bond acceptors (Lipinski definition) is 7. The highest BCUT2D eigenvalue weighted by Crippen LogP contribution is 2.36. The number of carbonyl (C=O) groups is 1. The molecule has 2 unspecified atom stereocenters. The van der Waals surface area contributed by atoms with E-state index in [0.717, 1.165) is 66.9 Å². The third kappa shape index (κ3) is 8.13. The van der Waals surface area contributed by atoms with Crippen LogP contribution in [0.3, 0.4) is 0 Å². The van der Waals surface area contributed by atoms with Crippen LogP contribution in [0.5, 0.6) is 5.75 Å². The van der Waals surface area contributed by atoms with Crippen molar-refractivity contribution in [3.05, 3.63) is 80.2 Å². The van der Waals surface area contributed by atoms with E-state index < -0.39 is 5.92 Å². The zero-order chi connectivity index (χ0) is 31.2. The maximum atomic E-state index is 13.7. The third-order valence-corrected chi connectivity index (χ3v) is 8.88. The van der Waals surface area contributed by atoms with Crippen LogP contribution >= 0.6 is 34.8 Å². The molecule has 44 heavy (non-hydrogen) atoms. The van der Waals surface area contributed by atoms with E-state index in [9.17, 15) is 10.1 Å². The van der Waals surface area contributed by atoms with Crippen molar-refractivity contribution in [2.75, 3.05) is 31.7 Å². The number of hydrogen-bond donors (Lipinski definition) is 0. The molecule has 2 atom stereocenters. The van der Waals surface area contributed by atoms with Gasteiger partial charge in [-0.25, -0.2) is 4.98 Å². The number of nitriles is 1. The summed E-state index contributed by atoms with van der Waals surface area (Å²) in [4.78, 5) is 26.7. The van der Waals surface area contributed by atoms with Crippen LogP contribution in [0.1, 0.15) is 48.1 Å². The Bertz CT molecular complexity index is 1490. The lowest BCUT2D eigenvalue weighted by Crippen LogP contribution is -2.38. The van der Waals surface area contributed by atoms with Gasteiger partial charge in [-0.15, -0.1) is 0 Å². The number of nitrogens with zero attached hydrogens (tertiary/aromatic N) is 5. The van der Waals surface area contributed by atoms with Crippen molar-refractivity contribution in [3.8, 4) is 11.8 Å². The summed E-state index contributed by atoms with van der Waals surface area (Å²) >= 11 is 19.2. The molecule has 0 bridgehead atoms. The molecule has 232 valence electrons. The Morgan fingerprint density at radius 2 is 1.89 bits per heavy atom. The van der Waals surface area contributed by atoms with E-state index in [1.807, 2.05) is 42.2 Å². The van der Waals surface area contributed by atoms with Gasteiger partial charge in [0.1, 0.15) is 17.8 Å². The van der Waals surface area contributed by atoms with Crippen molar-refractivity contribution >= 4 is 46.5 Å². The van der Waals surface area contributed by atoms with Gasteiger partial charge in [0, 0.05) is 57.4 Å². The molecule has 5 rings (SSSR count). The fourth-order valence-corrected chi connectivity index (χ4v) is 6.34. The number of carbonyl (C=O) groups excluding carboxylic acids is 1. The molecule has 1 saturated carbocycles. The van der Waals surface area contributed by atoms with Crippen LogP contribution in [0.25, 0.3) is 0 Å². The van der Waals surface area contributed by atoms with Gasteiger partial charge in [0.15, 0.2) is 5.75 Å². The van der Waals surface area contributed by atoms with Crippen LogP contribution in [0, 0.1) is 24.2 Å².